The number of H-pyrrole nitrogens is 2. The topological polar surface area (TPSA) is 31.6 Å². The average Bonchev–Trinajstić information content (AvgIpc) is 2.49. The zero-order valence-electron chi connectivity index (χ0n) is 9.16. The Bertz CT molecular complexity index is 568. The van der Waals surface area contributed by atoms with Crippen molar-refractivity contribution >= 4 is 33.7 Å². The second kappa shape index (κ2) is 4.86. The number of hydrogen-bond donors (Lipinski definition) is 2. The fraction of sp³-hybridized carbons (Fsp3) is 0.0769. The second-order valence-corrected chi connectivity index (χ2v) is 4.41. The summed E-state index contributed by atoms with van der Waals surface area (Å²) >= 11 is 1.71. The Labute approximate surface area is 98.6 Å². The third-order valence-electron chi connectivity index (χ3n) is 2.22. The van der Waals surface area contributed by atoms with E-state index in [1.807, 2.05) is 37.3 Å². The van der Waals surface area contributed by atoms with Crippen molar-refractivity contribution in [1.29, 1.82) is 0 Å². The number of aromatic amines is 2. The molecule has 0 saturated carbocycles. The molecule has 1 aromatic heterocycles. The number of benzene rings is 1. The van der Waals surface area contributed by atoms with Gasteiger partial charge in [0.15, 0.2) is 0 Å². The summed E-state index contributed by atoms with van der Waals surface area (Å²) in [6, 6.07) is 8.20. The monoisotopic (exact) mass is 230 g/mol. The van der Waals surface area contributed by atoms with E-state index in [1.165, 1.54) is 4.70 Å². The van der Waals surface area contributed by atoms with Gasteiger partial charge >= 0.3 is 0 Å². The molecule has 0 amide bonds. The summed E-state index contributed by atoms with van der Waals surface area (Å²) in [5, 5.41) is 6.39. The van der Waals surface area contributed by atoms with E-state index >= 15 is 0 Å². The molecule has 0 spiro atoms. The van der Waals surface area contributed by atoms with Crippen molar-refractivity contribution in [3.05, 3.63) is 47.5 Å². The molecule has 1 heterocycles. The summed E-state index contributed by atoms with van der Waals surface area (Å²) in [5.74, 6) is 0. The van der Waals surface area contributed by atoms with Crippen LogP contribution in [0.3, 0.4) is 0 Å². The van der Waals surface area contributed by atoms with Gasteiger partial charge < -0.3 is 0 Å². The lowest BCUT2D eigenvalue weighted by molar-refractivity contribution is 1.07. The van der Waals surface area contributed by atoms with Crippen molar-refractivity contribution in [1.82, 2.24) is 10.2 Å². The number of hydrogen-bond acceptors (Lipinski definition) is 1. The smallest absolute Gasteiger partial charge is 0.0712 e. The van der Waals surface area contributed by atoms with Crippen LogP contribution in [0.1, 0.15) is 17.5 Å². The molecule has 0 bridgehead atoms. The van der Waals surface area contributed by atoms with Crippen LogP contribution in [-0.2, 0) is 0 Å². The predicted molar refractivity (Wildman–Crippen MR) is 73.0 cm³/mol. The van der Waals surface area contributed by atoms with Gasteiger partial charge in [0.2, 0.25) is 0 Å². The van der Waals surface area contributed by atoms with E-state index in [-0.39, 0.29) is 0 Å². The van der Waals surface area contributed by atoms with E-state index in [0.29, 0.717) is 0 Å². The van der Waals surface area contributed by atoms with Crippen molar-refractivity contribution < 1.29 is 0 Å². The lowest BCUT2D eigenvalue weighted by Gasteiger charge is -1.92. The summed E-state index contributed by atoms with van der Waals surface area (Å²) in [4.78, 5) is 1.12. The second-order valence-electron chi connectivity index (χ2n) is 3.33. The zero-order chi connectivity index (χ0) is 11.4. The molecule has 0 aliphatic rings. The maximum atomic E-state index is 3.85. The van der Waals surface area contributed by atoms with Gasteiger partial charge in [-0.15, -0.1) is 11.3 Å². The minimum atomic E-state index is 1.04. The Morgan fingerprint density at radius 2 is 2.06 bits per heavy atom. The van der Waals surface area contributed by atoms with Crippen LogP contribution >= 0.6 is 11.3 Å². The highest BCUT2D eigenvalue weighted by Crippen LogP contribution is 2.21. The number of rotatable bonds is 2. The normalized spacial score (nSPS) is 10.8. The first-order valence-corrected chi connectivity index (χ1v) is 5.95. The number of fused-ring (bicyclic) bond motifs is 1. The minimum absolute atomic E-state index is 1.04. The molecule has 0 saturated heterocycles. The van der Waals surface area contributed by atoms with Crippen LogP contribution in [0.4, 0.5) is 0 Å². The molecule has 2 N–H and O–H groups in total. The number of aromatic nitrogens is 2. The van der Waals surface area contributed by atoms with E-state index < -0.39 is 0 Å². The van der Waals surface area contributed by atoms with E-state index in [0.717, 1.165) is 16.1 Å². The predicted octanol–water partition coefficient (Wildman–Crippen LogP) is 4.36. The van der Waals surface area contributed by atoms with Crippen LogP contribution in [0, 0.1) is 0 Å². The van der Waals surface area contributed by atoms with E-state index in [2.05, 4.69) is 28.9 Å². The van der Waals surface area contributed by atoms with Crippen LogP contribution in [0.25, 0.3) is 22.4 Å². The summed E-state index contributed by atoms with van der Waals surface area (Å²) in [6.45, 7) is 5.85. The third-order valence-corrected chi connectivity index (χ3v) is 3.41. The first-order valence-electron chi connectivity index (χ1n) is 5.13. The Kier molecular flexibility index (Phi) is 3.27. The highest BCUT2D eigenvalue weighted by Gasteiger charge is 1.97. The molecule has 0 aliphatic carbocycles. The lowest BCUT2D eigenvalue weighted by Crippen LogP contribution is -1.81. The molecule has 2 nitrogen and oxygen atoms in total. The van der Waals surface area contributed by atoms with Crippen molar-refractivity contribution in [3.63, 3.8) is 0 Å². The van der Waals surface area contributed by atoms with E-state index in [9.17, 15) is 0 Å². The summed E-state index contributed by atoms with van der Waals surface area (Å²) in [5.41, 5.74) is 2.13. The van der Waals surface area contributed by atoms with Gasteiger partial charge in [0, 0.05) is 0 Å². The molecule has 0 atom stereocenters. The zero-order valence-corrected chi connectivity index (χ0v) is 9.97. The molecule has 82 valence electrons. The van der Waals surface area contributed by atoms with Gasteiger partial charge in [0.1, 0.15) is 0 Å². The third kappa shape index (κ3) is 2.09. The SMILES string of the molecule is C=Cc1sc2ccccc2[nH][nH]c1/C=C\C. The number of nitrogens with one attached hydrogen (secondary N) is 2. The van der Waals surface area contributed by atoms with Gasteiger partial charge in [-0.05, 0) is 31.2 Å². The Morgan fingerprint density at radius 3 is 2.81 bits per heavy atom. The molecule has 2 rings (SSSR count). The van der Waals surface area contributed by atoms with Crippen LogP contribution in [0.15, 0.2) is 36.9 Å². The fourth-order valence-corrected chi connectivity index (χ4v) is 2.40. The molecule has 2 aromatic rings. The van der Waals surface area contributed by atoms with Crippen LogP contribution in [0.2, 0.25) is 0 Å². The summed E-state index contributed by atoms with van der Waals surface area (Å²) < 4.78 is 1.20. The first kappa shape index (κ1) is 10.8. The largest absolute Gasteiger partial charge is 0.299 e. The van der Waals surface area contributed by atoms with Gasteiger partial charge in [-0.1, -0.05) is 24.8 Å². The molecule has 0 fully saturated rings. The van der Waals surface area contributed by atoms with Crippen molar-refractivity contribution in [3.8, 4) is 0 Å². The van der Waals surface area contributed by atoms with Crippen molar-refractivity contribution in [2.24, 2.45) is 0 Å². The Balaban J connectivity index is 2.80. The van der Waals surface area contributed by atoms with Gasteiger partial charge in [0.05, 0.1) is 20.8 Å². The quantitative estimate of drug-likeness (QED) is 0.768. The number of para-hydroxylation sites is 1. The molecule has 1 aromatic carbocycles. The molecule has 0 unspecified atom stereocenters. The minimum Gasteiger partial charge on any atom is -0.299 e. The molecular formula is C13H14N2S. The molecule has 0 aliphatic heterocycles. The summed E-state index contributed by atoms with van der Waals surface area (Å²) in [6.07, 6.45) is 5.91. The highest BCUT2D eigenvalue weighted by atomic mass is 32.1. The maximum absolute atomic E-state index is 3.85. The van der Waals surface area contributed by atoms with E-state index in [4.69, 9.17) is 0 Å². The molecule has 0 radical (unpaired) electrons. The summed E-state index contributed by atoms with van der Waals surface area (Å²) in [7, 11) is 0. The van der Waals surface area contributed by atoms with Gasteiger partial charge in [-0.2, -0.15) is 0 Å². The fourth-order valence-electron chi connectivity index (χ4n) is 1.47. The molecule has 16 heavy (non-hydrogen) atoms. The standard InChI is InChI=1S/C13H14N2S/c1-3-7-10-12(4-2)16-13-9-6-5-8-11(13)15-14-10/h3-9,14-15H,2H2,1H3/b7-3-. The Hall–Kier alpha value is -1.74. The average molecular weight is 230 g/mol. The number of allylic oxidation sites excluding steroid dienone is 1. The van der Waals surface area contributed by atoms with Crippen LogP contribution in [0.5, 0.6) is 0 Å². The van der Waals surface area contributed by atoms with Gasteiger partial charge in [-0.3, -0.25) is 10.2 Å². The Morgan fingerprint density at radius 1 is 1.25 bits per heavy atom. The molecule has 3 heteroatoms. The van der Waals surface area contributed by atoms with Crippen molar-refractivity contribution in [2.75, 3.05) is 0 Å². The van der Waals surface area contributed by atoms with Gasteiger partial charge in [0.25, 0.3) is 0 Å². The van der Waals surface area contributed by atoms with Crippen molar-refractivity contribution in [2.45, 2.75) is 6.92 Å². The van der Waals surface area contributed by atoms with Gasteiger partial charge in [-0.25, -0.2) is 0 Å². The molecular weight excluding hydrogens is 216 g/mol. The van der Waals surface area contributed by atoms with E-state index in [1.54, 1.807) is 11.3 Å². The van der Waals surface area contributed by atoms with Crippen LogP contribution < -0.4 is 0 Å². The highest BCUT2D eigenvalue weighted by molar-refractivity contribution is 7.19. The first-order chi connectivity index (χ1) is 7.85. The lowest BCUT2D eigenvalue weighted by atomic mass is 10.3. The maximum Gasteiger partial charge on any atom is 0.0712 e. The van der Waals surface area contributed by atoms with Crippen LogP contribution in [-0.4, -0.2) is 10.2 Å².